The predicted molar refractivity (Wildman–Crippen MR) is 52.1 cm³/mol. The fourth-order valence-electron chi connectivity index (χ4n) is 0.730. The van der Waals surface area contributed by atoms with Crippen LogP contribution in [0.4, 0.5) is 8.78 Å². The van der Waals surface area contributed by atoms with Crippen LogP contribution >= 0.6 is 28.3 Å². The molecule has 6 heteroatoms. The van der Waals surface area contributed by atoms with E-state index < -0.39 is 12.5 Å². The van der Waals surface area contributed by atoms with Crippen LogP contribution in [0.2, 0.25) is 0 Å². The van der Waals surface area contributed by atoms with E-state index in [1.165, 1.54) is 12.3 Å². The van der Waals surface area contributed by atoms with Crippen molar-refractivity contribution in [3.63, 3.8) is 0 Å². The number of nitrogens with two attached hydrogens (primary N) is 1. The number of pyridine rings is 1. The van der Waals surface area contributed by atoms with E-state index in [1.807, 2.05) is 0 Å². The molecule has 2 N–H and O–H groups in total. The lowest BCUT2D eigenvalue weighted by molar-refractivity contribution is 0.116. The molecule has 0 amide bonds. The Morgan fingerprint density at radius 3 is 2.38 bits per heavy atom. The van der Waals surface area contributed by atoms with E-state index in [0.29, 0.717) is 10.2 Å². The van der Waals surface area contributed by atoms with Gasteiger partial charge in [0, 0.05) is 6.20 Å². The maximum Gasteiger partial charge on any atom is 0.257 e. The molecule has 1 aromatic rings. The zero-order valence-corrected chi connectivity index (χ0v) is 8.86. The first-order chi connectivity index (χ1) is 5.61. The van der Waals surface area contributed by atoms with Gasteiger partial charge in [0.2, 0.25) is 0 Å². The maximum absolute atomic E-state index is 12.1. The second kappa shape index (κ2) is 5.47. The van der Waals surface area contributed by atoms with Crippen LogP contribution in [0, 0.1) is 0 Å². The standard InChI is InChI=1S/C7H7BrF2N2.ClH/c8-5-2-1-4(3-12-5)6(11)7(9)10;/h1-3,6-7H,11H2;1H/t6-;/m1./s1. The Bertz CT molecular complexity index is 255. The van der Waals surface area contributed by atoms with Crippen LogP contribution < -0.4 is 5.73 Å². The van der Waals surface area contributed by atoms with Gasteiger partial charge in [0.15, 0.2) is 0 Å². The van der Waals surface area contributed by atoms with Crippen LogP contribution in [0.5, 0.6) is 0 Å². The quantitative estimate of drug-likeness (QED) is 0.841. The lowest BCUT2D eigenvalue weighted by Gasteiger charge is -2.09. The fourth-order valence-corrected chi connectivity index (χ4v) is 0.964. The SMILES string of the molecule is Cl.N[C@H](c1ccc(Br)nc1)C(F)F. The molecule has 0 unspecified atom stereocenters. The topological polar surface area (TPSA) is 38.9 Å². The Morgan fingerprint density at radius 2 is 2.00 bits per heavy atom. The van der Waals surface area contributed by atoms with Crippen molar-refractivity contribution in [3.8, 4) is 0 Å². The van der Waals surface area contributed by atoms with Gasteiger partial charge >= 0.3 is 0 Å². The third-order valence-electron chi connectivity index (χ3n) is 1.41. The maximum atomic E-state index is 12.1. The van der Waals surface area contributed by atoms with Gasteiger partial charge in [-0.15, -0.1) is 12.4 Å². The highest BCUT2D eigenvalue weighted by molar-refractivity contribution is 9.10. The minimum atomic E-state index is -2.55. The van der Waals surface area contributed by atoms with Gasteiger partial charge in [-0.1, -0.05) is 6.07 Å². The van der Waals surface area contributed by atoms with Crippen LogP contribution in [-0.4, -0.2) is 11.4 Å². The summed E-state index contributed by atoms with van der Waals surface area (Å²) in [5.74, 6) is 0. The molecule has 0 saturated carbocycles. The van der Waals surface area contributed by atoms with Crippen LogP contribution in [0.1, 0.15) is 11.6 Å². The lowest BCUT2D eigenvalue weighted by atomic mass is 10.1. The van der Waals surface area contributed by atoms with E-state index in [0.717, 1.165) is 0 Å². The predicted octanol–water partition coefficient (Wildman–Crippen LogP) is 2.53. The molecule has 0 fully saturated rings. The van der Waals surface area contributed by atoms with Crippen molar-refractivity contribution in [2.24, 2.45) is 5.73 Å². The molecule has 0 saturated heterocycles. The average molecular weight is 274 g/mol. The molecule has 74 valence electrons. The highest BCUT2D eigenvalue weighted by atomic mass is 79.9. The lowest BCUT2D eigenvalue weighted by Crippen LogP contribution is -2.18. The minimum absolute atomic E-state index is 0. The van der Waals surface area contributed by atoms with Crippen LogP contribution in [0.25, 0.3) is 0 Å². The summed E-state index contributed by atoms with van der Waals surface area (Å²) >= 11 is 3.09. The highest BCUT2D eigenvalue weighted by Crippen LogP contribution is 2.17. The summed E-state index contributed by atoms with van der Waals surface area (Å²) in [5, 5.41) is 0. The summed E-state index contributed by atoms with van der Waals surface area (Å²) in [6.45, 7) is 0. The molecule has 0 aromatic carbocycles. The van der Waals surface area contributed by atoms with Gasteiger partial charge in [-0.2, -0.15) is 0 Å². The largest absolute Gasteiger partial charge is 0.319 e. The Labute approximate surface area is 89.1 Å². The highest BCUT2D eigenvalue weighted by Gasteiger charge is 2.17. The molecule has 0 aliphatic carbocycles. The van der Waals surface area contributed by atoms with Crippen molar-refractivity contribution in [1.82, 2.24) is 4.98 Å². The molecule has 13 heavy (non-hydrogen) atoms. The molecular formula is C7H8BrClF2N2. The molecule has 1 rings (SSSR count). The van der Waals surface area contributed by atoms with E-state index in [4.69, 9.17) is 5.73 Å². The van der Waals surface area contributed by atoms with Gasteiger partial charge in [-0.25, -0.2) is 13.8 Å². The van der Waals surface area contributed by atoms with Crippen LogP contribution in [-0.2, 0) is 0 Å². The zero-order valence-electron chi connectivity index (χ0n) is 6.45. The second-order valence-electron chi connectivity index (χ2n) is 2.27. The molecule has 0 bridgehead atoms. The molecule has 1 aromatic heterocycles. The Balaban J connectivity index is 0.00000144. The van der Waals surface area contributed by atoms with E-state index >= 15 is 0 Å². The molecular weight excluding hydrogens is 265 g/mol. The summed E-state index contributed by atoms with van der Waals surface area (Å²) in [4.78, 5) is 3.79. The Kier molecular flexibility index (Phi) is 5.36. The first kappa shape index (κ1) is 12.7. The van der Waals surface area contributed by atoms with Gasteiger partial charge < -0.3 is 5.73 Å². The van der Waals surface area contributed by atoms with Crippen molar-refractivity contribution in [2.45, 2.75) is 12.5 Å². The molecule has 0 aliphatic rings. The van der Waals surface area contributed by atoms with Gasteiger partial charge in [-0.05, 0) is 27.6 Å². The number of aromatic nitrogens is 1. The van der Waals surface area contributed by atoms with E-state index in [2.05, 4.69) is 20.9 Å². The van der Waals surface area contributed by atoms with Crippen molar-refractivity contribution < 1.29 is 8.78 Å². The molecule has 0 radical (unpaired) electrons. The first-order valence-corrected chi connectivity index (χ1v) is 4.05. The summed E-state index contributed by atoms with van der Waals surface area (Å²) in [6, 6.07) is 1.86. The number of halogens is 4. The number of alkyl halides is 2. The number of hydrogen-bond acceptors (Lipinski definition) is 2. The smallest absolute Gasteiger partial charge is 0.257 e. The van der Waals surface area contributed by atoms with E-state index in [1.54, 1.807) is 6.07 Å². The summed E-state index contributed by atoms with van der Waals surface area (Å²) in [6.07, 6.45) is -1.21. The second-order valence-corrected chi connectivity index (χ2v) is 3.09. The molecule has 0 spiro atoms. The Hall–Kier alpha value is -0.260. The fraction of sp³-hybridized carbons (Fsp3) is 0.286. The molecule has 1 heterocycles. The van der Waals surface area contributed by atoms with Crippen molar-refractivity contribution >= 4 is 28.3 Å². The zero-order chi connectivity index (χ0) is 9.14. The van der Waals surface area contributed by atoms with Gasteiger partial charge in [0.25, 0.3) is 6.43 Å². The van der Waals surface area contributed by atoms with Crippen molar-refractivity contribution in [2.75, 3.05) is 0 Å². The number of nitrogens with zero attached hydrogens (tertiary/aromatic N) is 1. The first-order valence-electron chi connectivity index (χ1n) is 3.26. The molecule has 2 nitrogen and oxygen atoms in total. The summed E-state index contributed by atoms with van der Waals surface area (Å²) in [5.41, 5.74) is 5.52. The minimum Gasteiger partial charge on any atom is -0.319 e. The third kappa shape index (κ3) is 3.54. The van der Waals surface area contributed by atoms with Crippen LogP contribution in [0.3, 0.4) is 0 Å². The number of hydrogen-bond donors (Lipinski definition) is 1. The van der Waals surface area contributed by atoms with Crippen molar-refractivity contribution in [3.05, 3.63) is 28.5 Å². The van der Waals surface area contributed by atoms with E-state index in [9.17, 15) is 8.78 Å². The normalized spacial score (nSPS) is 12.4. The van der Waals surface area contributed by atoms with E-state index in [-0.39, 0.29) is 12.4 Å². The average Bonchev–Trinajstić information content (AvgIpc) is 2.04. The van der Waals surface area contributed by atoms with Crippen LogP contribution in [0.15, 0.2) is 22.9 Å². The third-order valence-corrected chi connectivity index (χ3v) is 1.88. The summed E-state index contributed by atoms with van der Waals surface area (Å²) in [7, 11) is 0. The monoisotopic (exact) mass is 272 g/mol. The summed E-state index contributed by atoms with van der Waals surface area (Å²) < 4.78 is 24.7. The van der Waals surface area contributed by atoms with Gasteiger partial charge in [0.05, 0.1) is 6.04 Å². The van der Waals surface area contributed by atoms with Gasteiger partial charge in [0.1, 0.15) is 4.60 Å². The van der Waals surface area contributed by atoms with Gasteiger partial charge in [-0.3, -0.25) is 0 Å². The number of rotatable bonds is 2. The molecule has 0 aliphatic heterocycles. The Morgan fingerprint density at radius 1 is 1.38 bits per heavy atom. The van der Waals surface area contributed by atoms with Crippen molar-refractivity contribution in [1.29, 1.82) is 0 Å². The molecule has 1 atom stereocenters.